The van der Waals surface area contributed by atoms with Gasteiger partial charge in [0.05, 0.1) is 30.5 Å². The summed E-state index contributed by atoms with van der Waals surface area (Å²) >= 11 is 0. The van der Waals surface area contributed by atoms with Crippen molar-refractivity contribution in [1.82, 2.24) is 25.2 Å². The van der Waals surface area contributed by atoms with Crippen molar-refractivity contribution in [2.24, 2.45) is 5.92 Å². The van der Waals surface area contributed by atoms with Gasteiger partial charge in [-0.1, -0.05) is 25.0 Å². The smallest absolute Gasteiger partial charge is 0.408 e. The molecule has 5 atom stereocenters. The standard InChI is InChI=1S/C40H55N5O10S/c1-8-53-32-21-31(27-16-17-30(52-7)24(2)33(27)42-32)54-26-20-29-34(46)43-40(36(48)44-56(50,51)39(6)18-19-39)22-25(40)14-12-10-9-11-13-15-28(35(47)45(29)23-26)41-37(49)55-38(3,4)5/h12,14,16-17,21,25-26,28-29H,8-11,13,15,18-20,22-23H2,1-7H3,(H,41,49)(H,43,46)(H,44,48)/b14-12-/t25?,26-,28+,29+,40-/m1/s1. The lowest BCUT2D eigenvalue weighted by Crippen LogP contribution is -2.58. The van der Waals surface area contributed by atoms with Gasteiger partial charge in [0.1, 0.15) is 40.8 Å². The summed E-state index contributed by atoms with van der Waals surface area (Å²) in [5.41, 5.74) is -0.970. The zero-order valence-electron chi connectivity index (χ0n) is 33.4. The van der Waals surface area contributed by atoms with E-state index in [1.54, 1.807) is 40.9 Å². The molecule has 0 bridgehead atoms. The van der Waals surface area contributed by atoms with Crippen molar-refractivity contribution in [2.45, 2.75) is 133 Å². The van der Waals surface area contributed by atoms with Crippen LogP contribution in [0.1, 0.15) is 98.0 Å². The summed E-state index contributed by atoms with van der Waals surface area (Å²) in [6, 6.07) is 3.16. The molecular weight excluding hydrogens is 743 g/mol. The Labute approximate surface area is 328 Å². The molecule has 0 spiro atoms. The van der Waals surface area contributed by atoms with Gasteiger partial charge in [-0.3, -0.25) is 19.1 Å². The number of aromatic nitrogens is 1. The van der Waals surface area contributed by atoms with Gasteiger partial charge in [-0.2, -0.15) is 0 Å². The highest BCUT2D eigenvalue weighted by atomic mass is 32.2. The number of fused-ring (bicyclic) bond motifs is 3. The molecule has 4 amide bonds. The van der Waals surface area contributed by atoms with E-state index in [9.17, 15) is 27.6 Å². The Morgan fingerprint density at radius 3 is 2.54 bits per heavy atom. The van der Waals surface area contributed by atoms with Crippen LogP contribution in [0.4, 0.5) is 4.79 Å². The molecule has 0 radical (unpaired) electrons. The number of rotatable bonds is 9. The molecule has 1 saturated heterocycles. The SMILES string of the molecule is CCOc1cc(O[C@@H]2C[C@H]3C(=O)N[C@]4(C(=O)NS(=O)(=O)C5(C)CC5)CC4/C=C\CCCCC[C@H](NC(=O)OC(C)(C)C)C(=O)N3C2)c2ccc(OC)c(C)c2n1. The molecule has 3 N–H and O–H groups in total. The van der Waals surface area contributed by atoms with Gasteiger partial charge in [0.15, 0.2) is 0 Å². The minimum Gasteiger partial charge on any atom is -0.496 e. The van der Waals surface area contributed by atoms with Crippen LogP contribution in [0.2, 0.25) is 0 Å². The third-order valence-corrected chi connectivity index (χ3v) is 13.3. The minimum atomic E-state index is -4.00. The van der Waals surface area contributed by atoms with Crippen LogP contribution < -0.4 is 29.6 Å². The quantitative estimate of drug-likeness (QED) is 0.301. The van der Waals surface area contributed by atoms with E-state index in [2.05, 4.69) is 20.3 Å². The first-order valence-electron chi connectivity index (χ1n) is 19.5. The summed E-state index contributed by atoms with van der Waals surface area (Å²) in [4.78, 5) is 62.1. The lowest BCUT2D eigenvalue weighted by Gasteiger charge is -2.30. The summed E-state index contributed by atoms with van der Waals surface area (Å²) in [5, 5.41) is 6.32. The lowest BCUT2D eigenvalue weighted by molar-refractivity contribution is -0.141. The van der Waals surface area contributed by atoms with Gasteiger partial charge in [0, 0.05) is 29.4 Å². The number of benzene rings is 1. The first kappa shape index (κ1) is 41.0. The van der Waals surface area contributed by atoms with Gasteiger partial charge >= 0.3 is 6.09 Å². The number of ether oxygens (including phenoxy) is 4. The first-order chi connectivity index (χ1) is 26.4. The molecule has 1 unspecified atom stereocenters. The number of aryl methyl sites for hydroxylation is 1. The van der Waals surface area contributed by atoms with Gasteiger partial charge in [-0.25, -0.2) is 18.2 Å². The Morgan fingerprint density at radius 2 is 1.86 bits per heavy atom. The number of alkyl carbamates (subject to hydrolysis) is 1. The molecular formula is C40H55N5O10S. The Morgan fingerprint density at radius 1 is 1.11 bits per heavy atom. The van der Waals surface area contributed by atoms with Gasteiger partial charge in [-0.05, 0) is 92.2 Å². The van der Waals surface area contributed by atoms with E-state index in [1.807, 2.05) is 38.1 Å². The maximum absolute atomic E-state index is 14.6. The average molecular weight is 798 g/mol. The molecule has 15 nitrogen and oxygen atoms in total. The van der Waals surface area contributed by atoms with Crippen molar-refractivity contribution in [1.29, 1.82) is 0 Å². The summed E-state index contributed by atoms with van der Waals surface area (Å²) in [6.45, 7) is 10.8. The number of nitrogens with zero attached hydrogens (tertiary/aromatic N) is 2. The number of nitrogens with one attached hydrogen (secondary N) is 3. The molecule has 4 aliphatic rings. The van der Waals surface area contributed by atoms with E-state index in [-0.39, 0.29) is 19.4 Å². The van der Waals surface area contributed by atoms with Crippen LogP contribution in [0.5, 0.6) is 17.4 Å². The fraction of sp³-hybridized carbons (Fsp3) is 0.625. The monoisotopic (exact) mass is 797 g/mol. The van der Waals surface area contributed by atoms with Crippen LogP contribution in [-0.4, -0.2) is 96.5 Å². The third kappa shape index (κ3) is 8.69. The van der Waals surface area contributed by atoms with Gasteiger partial charge in [0.2, 0.25) is 27.7 Å². The van der Waals surface area contributed by atoms with Crippen LogP contribution in [0.15, 0.2) is 30.4 Å². The highest BCUT2D eigenvalue weighted by molar-refractivity contribution is 7.91. The number of allylic oxidation sites excluding steroid dienone is 1. The van der Waals surface area contributed by atoms with Crippen molar-refractivity contribution in [3.8, 4) is 17.4 Å². The molecule has 306 valence electrons. The normalized spacial score (nSPS) is 27.0. The number of hydrogen-bond donors (Lipinski definition) is 3. The number of hydrogen-bond acceptors (Lipinski definition) is 11. The average Bonchev–Trinajstić information content (AvgIpc) is 4.00. The molecule has 56 heavy (non-hydrogen) atoms. The number of pyridine rings is 1. The molecule has 3 heterocycles. The van der Waals surface area contributed by atoms with E-state index < -0.39 is 73.8 Å². The predicted molar refractivity (Wildman–Crippen MR) is 208 cm³/mol. The Balaban J connectivity index is 1.35. The highest BCUT2D eigenvalue weighted by Gasteiger charge is 2.63. The Hall–Kier alpha value is -4.60. The fourth-order valence-electron chi connectivity index (χ4n) is 7.47. The molecule has 6 rings (SSSR count). The molecule has 1 aromatic carbocycles. The van der Waals surface area contributed by atoms with Crippen LogP contribution in [-0.2, 0) is 29.1 Å². The van der Waals surface area contributed by atoms with Crippen LogP contribution in [0.3, 0.4) is 0 Å². The maximum Gasteiger partial charge on any atom is 0.408 e. The number of carbonyl (C=O) groups is 4. The Kier molecular flexibility index (Phi) is 11.5. The van der Waals surface area contributed by atoms with Crippen LogP contribution >= 0.6 is 0 Å². The van der Waals surface area contributed by atoms with Gasteiger partial charge in [0.25, 0.3) is 5.91 Å². The van der Waals surface area contributed by atoms with Crippen molar-refractivity contribution in [2.75, 3.05) is 20.3 Å². The Bertz CT molecular complexity index is 2010. The highest BCUT2D eigenvalue weighted by Crippen LogP contribution is 2.47. The van der Waals surface area contributed by atoms with Crippen molar-refractivity contribution >= 4 is 44.7 Å². The van der Waals surface area contributed by atoms with Crippen LogP contribution in [0, 0.1) is 12.8 Å². The van der Waals surface area contributed by atoms with E-state index >= 15 is 0 Å². The third-order valence-electron chi connectivity index (χ3n) is 11.1. The fourth-order valence-corrected chi connectivity index (χ4v) is 8.79. The van der Waals surface area contributed by atoms with Crippen molar-refractivity contribution in [3.05, 3.63) is 35.9 Å². The number of carbonyl (C=O) groups excluding carboxylic acids is 4. The number of sulfonamides is 1. The van der Waals surface area contributed by atoms with Crippen molar-refractivity contribution < 1.29 is 46.5 Å². The zero-order chi connectivity index (χ0) is 40.6. The number of methoxy groups -OCH3 is 1. The molecule has 16 heteroatoms. The second-order valence-corrected chi connectivity index (χ2v) is 18.8. The molecule has 2 aromatic rings. The summed E-state index contributed by atoms with van der Waals surface area (Å²) in [5.74, 6) is -0.998. The van der Waals surface area contributed by atoms with E-state index in [4.69, 9.17) is 18.9 Å². The van der Waals surface area contributed by atoms with Gasteiger partial charge < -0.3 is 34.5 Å². The lowest BCUT2D eigenvalue weighted by atomic mass is 10.0. The second kappa shape index (κ2) is 15.7. The molecule has 2 aliphatic heterocycles. The number of amides is 4. The van der Waals surface area contributed by atoms with Crippen LogP contribution in [0.25, 0.3) is 10.9 Å². The minimum absolute atomic E-state index is 0.0262. The zero-order valence-corrected chi connectivity index (χ0v) is 34.2. The molecule has 3 fully saturated rings. The first-order valence-corrected chi connectivity index (χ1v) is 21.0. The van der Waals surface area contributed by atoms with Crippen molar-refractivity contribution in [3.63, 3.8) is 0 Å². The van der Waals surface area contributed by atoms with E-state index in [1.165, 1.54) is 4.90 Å². The molecule has 1 aromatic heterocycles. The van der Waals surface area contributed by atoms with E-state index in [0.717, 1.165) is 18.4 Å². The summed E-state index contributed by atoms with van der Waals surface area (Å²) < 4.78 is 51.1. The maximum atomic E-state index is 14.6. The van der Waals surface area contributed by atoms with E-state index in [0.29, 0.717) is 67.0 Å². The molecule has 2 saturated carbocycles. The topological polar surface area (TPSA) is 192 Å². The summed E-state index contributed by atoms with van der Waals surface area (Å²) in [7, 11) is -2.43. The predicted octanol–water partition coefficient (Wildman–Crippen LogP) is 4.59. The largest absolute Gasteiger partial charge is 0.496 e. The van der Waals surface area contributed by atoms with Gasteiger partial charge in [-0.15, -0.1) is 0 Å². The second-order valence-electron chi connectivity index (χ2n) is 16.6. The summed E-state index contributed by atoms with van der Waals surface area (Å²) in [6.07, 6.45) is 6.58. The molecule has 2 aliphatic carbocycles.